The highest BCUT2D eigenvalue weighted by molar-refractivity contribution is 7.71. The summed E-state index contributed by atoms with van der Waals surface area (Å²) in [5.74, 6) is 0. The van der Waals surface area contributed by atoms with Crippen molar-refractivity contribution in [2.24, 2.45) is 0 Å². The number of phosphoric acid groups is 3. The molecule has 0 saturated carbocycles. The lowest BCUT2D eigenvalue weighted by Crippen LogP contribution is -2.34. The molecule has 1 aliphatic heterocycles. The highest BCUT2D eigenvalue weighted by Crippen LogP contribution is 2.64. The second-order valence-corrected chi connectivity index (χ2v) is 10.2. The summed E-state index contributed by atoms with van der Waals surface area (Å²) in [5, 5.41) is 20.1. The maximum atomic E-state index is 11.6. The van der Waals surface area contributed by atoms with Gasteiger partial charge in [0.25, 0.3) is 13.4 Å². The molecule has 1 aromatic heterocycles. The van der Waals surface area contributed by atoms with E-state index in [0.29, 0.717) is 0 Å². The SMILES string of the molecule is O=c1ccn(C2OC(COP(=O)(O)OP(=O)([O-])OP(=O)(O)O)C(O)C2O)c(=S)[nH]1. The number of nitrogens with zero attached hydrogens (tertiary/aromatic N) is 1. The molecule has 166 valence electrons. The Morgan fingerprint density at radius 2 is 1.83 bits per heavy atom. The number of ether oxygens (including phenoxy) is 1. The summed E-state index contributed by atoms with van der Waals surface area (Å²) >= 11 is 4.89. The number of aromatic nitrogens is 2. The molecule has 1 fully saturated rings. The van der Waals surface area contributed by atoms with Gasteiger partial charge in [-0.2, -0.15) is 0 Å². The molecular weight excluding hydrogens is 485 g/mol. The predicted molar refractivity (Wildman–Crippen MR) is 89.4 cm³/mol. The van der Waals surface area contributed by atoms with Crippen LogP contribution < -0.4 is 10.5 Å². The third-order valence-electron chi connectivity index (χ3n) is 3.27. The number of aliphatic hydroxyl groups excluding tert-OH is 2. The molecule has 6 unspecified atom stereocenters. The molecular formula is C9H14N2O14P3S-. The molecule has 29 heavy (non-hydrogen) atoms. The van der Waals surface area contributed by atoms with Crippen molar-refractivity contribution in [3.63, 3.8) is 0 Å². The molecule has 1 aliphatic rings. The molecule has 2 heterocycles. The fraction of sp³-hybridized carbons (Fsp3) is 0.556. The van der Waals surface area contributed by atoms with Gasteiger partial charge in [0.05, 0.1) is 6.61 Å². The Kier molecular flexibility index (Phi) is 7.54. The number of phosphoric ester groups is 1. The van der Waals surface area contributed by atoms with Crippen LogP contribution in [0.15, 0.2) is 17.1 Å². The molecule has 0 radical (unpaired) electrons. The lowest BCUT2D eigenvalue weighted by molar-refractivity contribution is -0.211. The molecule has 1 saturated heterocycles. The van der Waals surface area contributed by atoms with Gasteiger partial charge in [-0.1, -0.05) is 0 Å². The fourth-order valence-corrected chi connectivity index (χ4v) is 5.42. The summed E-state index contributed by atoms with van der Waals surface area (Å²) in [4.78, 5) is 50.8. The minimum Gasteiger partial charge on any atom is -0.756 e. The van der Waals surface area contributed by atoms with Crippen molar-refractivity contribution in [3.05, 3.63) is 27.4 Å². The average molecular weight is 499 g/mol. The Labute approximate surface area is 165 Å². The van der Waals surface area contributed by atoms with E-state index in [2.05, 4.69) is 18.1 Å². The van der Waals surface area contributed by atoms with Crippen LogP contribution in [-0.2, 0) is 31.6 Å². The van der Waals surface area contributed by atoms with E-state index in [1.165, 1.54) is 0 Å². The molecule has 1 aromatic rings. The number of nitrogens with one attached hydrogen (secondary N) is 1. The summed E-state index contributed by atoms with van der Waals surface area (Å²) in [5.41, 5.74) is -0.544. The van der Waals surface area contributed by atoms with Crippen molar-refractivity contribution in [3.8, 4) is 0 Å². The van der Waals surface area contributed by atoms with Gasteiger partial charge in [0.2, 0.25) is 0 Å². The zero-order valence-corrected chi connectivity index (χ0v) is 17.3. The van der Waals surface area contributed by atoms with E-state index in [-0.39, 0.29) is 4.77 Å². The normalized spacial score (nSPS) is 29.3. The topological polar surface area (TPSA) is 250 Å². The lowest BCUT2D eigenvalue weighted by Gasteiger charge is -2.25. The van der Waals surface area contributed by atoms with Crippen molar-refractivity contribution >= 4 is 35.7 Å². The van der Waals surface area contributed by atoms with Crippen LogP contribution in [0.1, 0.15) is 6.23 Å². The number of rotatable bonds is 8. The smallest absolute Gasteiger partial charge is 0.478 e. The first kappa shape index (κ1) is 24.7. The van der Waals surface area contributed by atoms with Gasteiger partial charge in [-0.3, -0.25) is 23.4 Å². The Hall–Kier alpha value is -0.610. The van der Waals surface area contributed by atoms with Gasteiger partial charge in [0.15, 0.2) is 11.0 Å². The van der Waals surface area contributed by atoms with Gasteiger partial charge in [0.1, 0.15) is 18.3 Å². The van der Waals surface area contributed by atoms with Gasteiger partial charge < -0.3 is 34.5 Å². The summed E-state index contributed by atoms with van der Waals surface area (Å²) in [7, 11) is -17.1. The van der Waals surface area contributed by atoms with Gasteiger partial charge >= 0.3 is 15.6 Å². The van der Waals surface area contributed by atoms with E-state index in [9.17, 15) is 38.5 Å². The molecule has 0 amide bonds. The predicted octanol–water partition coefficient (Wildman–Crippen LogP) is -1.76. The van der Waals surface area contributed by atoms with E-state index in [1.54, 1.807) is 0 Å². The molecule has 16 nitrogen and oxygen atoms in total. The van der Waals surface area contributed by atoms with Crippen molar-refractivity contribution in [2.45, 2.75) is 24.5 Å². The quantitative estimate of drug-likeness (QED) is 0.171. The highest BCUT2D eigenvalue weighted by Gasteiger charge is 2.45. The first-order valence-corrected chi connectivity index (χ1v) is 12.1. The number of hydrogen-bond donors (Lipinski definition) is 6. The third kappa shape index (κ3) is 6.95. The number of H-pyrrole nitrogens is 1. The molecule has 0 spiro atoms. The van der Waals surface area contributed by atoms with Crippen LogP contribution in [0, 0.1) is 4.77 Å². The molecule has 6 atom stereocenters. The van der Waals surface area contributed by atoms with Crippen molar-refractivity contribution < 1.29 is 61.4 Å². The van der Waals surface area contributed by atoms with Crippen LogP contribution >= 0.6 is 35.7 Å². The monoisotopic (exact) mass is 499 g/mol. The molecule has 2 rings (SSSR count). The van der Waals surface area contributed by atoms with Crippen molar-refractivity contribution in [1.82, 2.24) is 9.55 Å². The Morgan fingerprint density at radius 3 is 2.38 bits per heavy atom. The van der Waals surface area contributed by atoms with Gasteiger partial charge in [-0.15, -0.1) is 0 Å². The second-order valence-electron chi connectivity index (χ2n) is 5.43. The Morgan fingerprint density at radius 1 is 1.21 bits per heavy atom. The summed E-state index contributed by atoms with van der Waals surface area (Å²) in [6.07, 6.45) is -5.03. The van der Waals surface area contributed by atoms with Crippen LogP contribution in [0.4, 0.5) is 0 Å². The molecule has 20 heteroatoms. The zero-order valence-electron chi connectivity index (χ0n) is 13.8. The standard InChI is InChI=1S/C9H15N2O14P3S/c12-5-1-2-11(9(29)10-5)8-7(14)6(13)4(23-8)3-22-27(18,19)25-28(20,21)24-26(15,16)17/h1-2,4,6-8,13-14H,3H2,(H,18,19)(H,20,21)(H,10,12,29)(H2,15,16,17)/p-1. The van der Waals surface area contributed by atoms with Gasteiger partial charge in [-0.25, -0.2) is 17.8 Å². The first-order valence-electron chi connectivity index (χ1n) is 7.20. The fourth-order valence-electron chi connectivity index (χ4n) is 2.19. The second kappa shape index (κ2) is 8.86. The van der Waals surface area contributed by atoms with E-state index in [1.807, 2.05) is 0 Å². The zero-order chi connectivity index (χ0) is 22.2. The maximum Gasteiger partial charge on any atom is 0.478 e. The summed E-state index contributed by atoms with van der Waals surface area (Å²) in [6.45, 7) is -1.00. The number of hydrogen-bond acceptors (Lipinski definition) is 12. The van der Waals surface area contributed by atoms with E-state index in [4.69, 9.17) is 26.7 Å². The van der Waals surface area contributed by atoms with E-state index < -0.39 is 60.2 Å². The molecule has 6 N–H and O–H groups in total. The van der Waals surface area contributed by atoms with Crippen LogP contribution in [-0.4, -0.2) is 59.4 Å². The molecule has 0 bridgehead atoms. The lowest BCUT2D eigenvalue weighted by atomic mass is 10.1. The first-order chi connectivity index (χ1) is 13.1. The van der Waals surface area contributed by atoms with E-state index in [0.717, 1.165) is 16.8 Å². The van der Waals surface area contributed by atoms with Crippen molar-refractivity contribution in [2.75, 3.05) is 6.61 Å². The Balaban J connectivity index is 2.06. The molecule has 0 aromatic carbocycles. The van der Waals surface area contributed by atoms with Gasteiger partial charge in [-0.05, 0) is 12.2 Å². The minimum atomic E-state index is -5.95. The van der Waals surface area contributed by atoms with Gasteiger partial charge in [0, 0.05) is 12.3 Å². The Bertz CT molecular complexity index is 1000. The van der Waals surface area contributed by atoms with Crippen LogP contribution in [0.25, 0.3) is 0 Å². The van der Waals surface area contributed by atoms with Crippen LogP contribution in [0.5, 0.6) is 0 Å². The van der Waals surface area contributed by atoms with E-state index >= 15 is 0 Å². The average Bonchev–Trinajstić information content (AvgIpc) is 2.78. The van der Waals surface area contributed by atoms with Crippen LogP contribution in [0.3, 0.4) is 0 Å². The molecule has 0 aliphatic carbocycles. The largest absolute Gasteiger partial charge is 0.756 e. The highest BCUT2D eigenvalue weighted by atomic mass is 32.1. The summed E-state index contributed by atoms with van der Waals surface area (Å²) < 4.78 is 50.6. The maximum absolute atomic E-state index is 11.6. The summed E-state index contributed by atoms with van der Waals surface area (Å²) in [6, 6.07) is 1.05. The number of aromatic amines is 1. The number of aliphatic hydroxyl groups is 2. The van der Waals surface area contributed by atoms with Crippen molar-refractivity contribution in [1.29, 1.82) is 0 Å². The van der Waals surface area contributed by atoms with Crippen LogP contribution in [0.2, 0.25) is 0 Å². The minimum absolute atomic E-state index is 0.173. The third-order valence-corrected chi connectivity index (χ3v) is 7.34.